The number of sulfone groups is 1. The van der Waals surface area contributed by atoms with Crippen molar-refractivity contribution >= 4 is 21.6 Å². The van der Waals surface area contributed by atoms with Crippen LogP contribution in [0.1, 0.15) is 5.56 Å². The lowest BCUT2D eigenvalue weighted by molar-refractivity contribution is 0.603. The summed E-state index contributed by atoms with van der Waals surface area (Å²) in [5.41, 5.74) is 2.17. The first-order valence-corrected chi connectivity index (χ1v) is 9.18. The Bertz CT molecular complexity index is 708. The molecule has 0 N–H and O–H groups in total. The molecule has 1 heterocycles. The number of aryl methyl sites for hydroxylation is 1. The number of aromatic nitrogens is 3. The Morgan fingerprint density at radius 3 is 2.70 bits per heavy atom. The summed E-state index contributed by atoms with van der Waals surface area (Å²) in [6.45, 7) is 2.03. The van der Waals surface area contributed by atoms with E-state index in [4.69, 9.17) is 0 Å². The molecular weight excluding hydrogens is 294 g/mol. The highest BCUT2D eigenvalue weighted by Gasteiger charge is 2.12. The monoisotopic (exact) mass is 311 g/mol. The molecule has 0 atom stereocenters. The molecule has 1 aromatic heterocycles. The third kappa shape index (κ3) is 3.83. The molecule has 0 saturated heterocycles. The van der Waals surface area contributed by atoms with Crippen LogP contribution in [-0.4, -0.2) is 40.9 Å². The van der Waals surface area contributed by atoms with Crippen LogP contribution in [-0.2, 0) is 16.9 Å². The third-order valence-corrected chi connectivity index (χ3v) is 5.02. The first kappa shape index (κ1) is 15.1. The first-order valence-electron chi connectivity index (χ1n) is 6.14. The summed E-state index contributed by atoms with van der Waals surface area (Å²) in [6.07, 6.45) is 1.24. The van der Waals surface area contributed by atoms with Crippen LogP contribution < -0.4 is 0 Å². The van der Waals surface area contributed by atoms with E-state index in [2.05, 4.69) is 16.3 Å². The van der Waals surface area contributed by atoms with Gasteiger partial charge in [-0.3, -0.25) is 0 Å². The zero-order valence-corrected chi connectivity index (χ0v) is 13.3. The van der Waals surface area contributed by atoms with Crippen molar-refractivity contribution in [3.63, 3.8) is 0 Å². The van der Waals surface area contributed by atoms with Gasteiger partial charge in [0.05, 0.1) is 5.75 Å². The number of thioether (sulfide) groups is 1. The Morgan fingerprint density at radius 2 is 2.05 bits per heavy atom. The summed E-state index contributed by atoms with van der Waals surface area (Å²) in [5, 5.41) is 9.03. The molecular formula is C13H17N3O2S2. The standard InChI is InChI=1S/C13H17N3O2S2/c1-10-5-4-6-11(9-10)12-14-15-13(16(12)2)19-7-8-20(3,17)18/h4-6,9H,7-8H2,1-3H3. The average molecular weight is 311 g/mol. The fourth-order valence-corrected chi connectivity index (χ4v) is 3.87. The van der Waals surface area contributed by atoms with Crippen molar-refractivity contribution < 1.29 is 8.42 Å². The van der Waals surface area contributed by atoms with Crippen molar-refractivity contribution in [3.8, 4) is 11.4 Å². The molecule has 0 aliphatic heterocycles. The van der Waals surface area contributed by atoms with Crippen LogP contribution in [0.5, 0.6) is 0 Å². The van der Waals surface area contributed by atoms with E-state index >= 15 is 0 Å². The van der Waals surface area contributed by atoms with Gasteiger partial charge in [-0.25, -0.2) is 8.42 Å². The minimum Gasteiger partial charge on any atom is -0.305 e. The normalized spacial score (nSPS) is 11.8. The van der Waals surface area contributed by atoms with Gasteiger partial charge in [0.25, 0.3) is 0 Å². The molecule has 0 radical (unpaired) electrons. The summed E-state index contributed by atoms with van der Waals surface area (Å²) in [6, 6.07) is 8.05. The van der Waals surface area contributed by atoms with Crippen LogP contribution in [0.2, 0.25) is 0 Å². The van der Waals surface area contributed by atoms with Gasteiger partial charge in [-0.2, -0.15) is 0 Å². The molecule has 0 saturated carbocycles. The van der Waals surface area contributed by atoms with Crippen molar-refractivity contribution in [3.05, 3.63) is 29.8 Å². The molecule has 2 aromatic rings. The van der Waals surface area contributed by atoms with Crippen molar-refractivity contribution in [2.45, 2.75) is 12.1 Å². The van der Waals surface area contributed by atoms with Crippen LogP contribution in [0, 0.1) is 6.92 Å². The summed E-state index contributed by atoms with van der Waals surface area (Å²) in [4.78, 5) is 0. The molecule has 0 bridgehead atoms. The van der Waals surface area contributed by atoms with Gasteiger partial charge in [0.15, 0.2) is 11.0 Å². The third-order valence-electron chi connectivity index (χ3n) is 2.80. The van der Waals surface area contributed by atoms with E-state index in [1.54, 1.807) is 0 Å². The van der Waals surface area contributed by atoms with E-state index in [1.165, 1.54) is 18.0 Å². The lowest BCUT2D eigenvalue weighted by Crippen LogP contribution is -2.06. The Kier molecular flexibility index (Phi) is 4.49. The van der Waals surface area contributed by atoms with E-state index in [9.17, 15) is 8.42 Å². The predicted molar refractivity (Wildman–Crippen MR) is 81.6 cm³/mol. The Hall–Kier alpha value is -1.34. The lowest BCUT2D eigenvalue weighted by atomic mass is 10.1. The summed E-state index contributed by atoms with van der Waals surface area (Å²) < 4.78 is 24.1. The van der Waals surface area contributed by atoms with Gasteiger partial charge in [0, 0.05) is 24.6 Å². The van der Waals surface area contributed by atoms with Gasteiger partial charge in [-0.05, 0) is 13.0 Å². The second kappa shape index (κ2) is 5.97. The summed E-state index contributed by atoms with van der Waals surface area (Å²) >= 11 is 1.40. The van der Waals surface area contributed by atoms with Gasteiger partial charge >= 0.3 is 0 Å². The van der Waals surface area contributed by atoms with Crippen LogP contribution in [0.3, 0.4) is 0 Å². The fourth-order valence-electron chi connectivity index (χ4n) is 1.76. The average Bonchev–Trinajstić information content (AvgIpc) is 2.70. The van der Waals surface area contributed by atoms with Crippen molar-refractivity contribution in [2.24, 2.45) is 7.05 Å². The highest BCUT2D eigenvalue weighted by molar-refractivity contribution is 8.00. The lowest BCUT2D eigenvalue weighted by Gasteiger charge is -2.04. The van der Waals surface area contributed by atoms with Crippen LogP contribution in [0.4, 0.5) is 0 Å². The summed E-state index contributed by atoms with van der Waals surface area (Å²) in [5.74, 6) is 1.42. The molecule has 1 aromatic carbocycles. The van der Waals surface area contributed by atoms with Crippen molar-refractivity contribution in [2.75, 3.05) is 17.8 Å². The molecule has 0 spiro atoms. The quantitative estimate of drug-likeness (QED) is 0.789. The minimum atomic E-state index is -2.94. The Balaban J connectivity index is 2.15. The van der Waals surface area contributed by atoms with Gasteiger partial charge in [-0.15, -0.1) is 10.2 Å². The van der Waals surface area contributed by atoms with E-state index in [1.807, 2.05) is 36.7 Å². The van der Waals surface area contributed by atoms with E-state index in [0.717, 1.165) is 22.1 Å². The maximum Gasteiger partial charge on any atom is 0.191 e. The molecule has 0 unspecified atom stereocenters. The van der Waals surface area contributed by atoms with E-state index in [0.29, 0.717) is 5.75 Å². The summed E-state index contributed by atoms with van der Waals surface area (Å²) in [7, 11) is -1.05. The molecule has 108 valence electrons. The van der Waals surface area contributed by atoms with Crippen LogP contribution >= 0.6 is 11.8 Å². The molecule has 20 heavy (non-hydrogen) atoms. The second-order valence-corrected chi connectivity index (χ2v) is 8.03. The van der Waals surface area contributed by atoms with Crippen molar-refractivity contribution in [1.82, 2.24) is 14.8 Å². The SMILES string of the molecule is Cc1cccc(-c2nnc(SCCS(C)(=O)=O)n2C)c1. The molecule has 5 nitrogen and oxygen atoms in total. The van der Waals surface area contributed by atoms with Crippen LogP contribution in [0.25, 0.3) is 11.4 Å². The molecule has 0 aliphatic rings. The smallest absolute Gasteiger partial charge is 0.191 e. The second-order valence-electron chi connectivity index (χ2n) is 4.71. The minimum absolute atomic E-state index is 0.143. The molecule has 0 aliphatic carbocycles. The van der Waals surface area contributed by atoms with Gasteiger partial charge in [-0.1, -0.05) is 35.5 Å². The fraction of sp³-hybridized carbons (Fsp3) is 0.385. The highest BCUT2D eigenvalue weighted by atomic mass is 32.2. The predicted octanol–water partition coefficient (Wildman–Crippen LogP) is 1.93. The number of hydrogen-bond acceptors (Lipinski definition) is 5. The maximum absolute atomic E-state index is 11.1. The van der Waals surface area contributed by atoms with Gasteiger partial charge in [0.1, 0.15) is 9.84 Å². The zero-order valence-electron chi connectivity index (χ0n) is 11.7. The van der Waals surface area contributed by atoms with Crippen molar-refractivity contribution in [1.29, 1.82) is 0 Å². The number of nitrogens with zero attached hydrogens (tertiary/aromatic N) is 3. The number of rotatable bonds is 5. The highest BCUT2D eigenvalue weighted by Crippen LogP contribution is 2.23. The molecule has 2 rings (SSSR count). The zero-order chi connectivity index (χ0) is 14.8. The number of benzene rings is 1. The van der Waals surface area contributed by atoms with Crippen LogP contribution in [0.15, 0.2) is 29.4 Å². The Morgan fingerprint density at radius 1 is 1.30 bits per heavy atom. The van der Waals surface area contributed by atoms with Gasteiger partial charge < -0.3 is 4.57 Å². The topological polar surface area (TPSA) is 64.8 Å². The maximum atomic E-state index is 11.1. The largest absolute Gasteiger partial charge is 0.305 e. The first-order chi connectivity index (χ1) is 9.37. The van der Waals surface area contributed by atoms with Gasteiger partial charge in [0.2, 0.25) is 0 Å². The molecule has 0 amide bonds. The molecule has 7 heteroatoms. The van der Waals surface area contributed by atoms with E-state index < -0.39 is 9.84 Å². The Labute approximate surface area is 123 Å². The van der Waals surface area contributed by atoms with E-state index in [-0.39, 0.29) is 5.75 Å². The molecule has 0 fully saturated rings. The number of hydrogen-bond donors (Lipinski definition) is 0.